The fraction of sp³-hybridized carbons (Fsp3) is 0.667. The van der Waals surface area contributed by atoms with Gasteiger partial charge < -0.3 is 9.31 Å². The summed E-state index contributed by atoms with van der Waals surface area (Å²) in [6.07, 6.45) is -1.24. The van der Waals surface area contributed by atoms with Crippen LogP contribution in [0.1, 0.15) is 51.2 Å². The topological polar surface area (TPSA) is 31.4 Å². The van der Waals surface area contributed by atoms with Gasteiger partial charge in [0.05, 0.1) is 16.8 Å². The molecule has 3 rings (SSSR count). The second-order valence-corrected chi connectivity index (χ2v) is 7.14. The molecule has 0 amide bonds. The standard InChI is InChI=1S/C15H19BF3NO2/c1-13(2)14(3,4)22-16(21-13)12-6-11(12)9-5-10(8-20-7-9)15(17,18)19/h5,7-8,11-12H,6H2,1-4H3/t11-,12+/m0/s1. The van der Waals surface area contributed by atoms with E-state index in [9.17, 15) is 13.2 Å². The van der Waals surface area contributed by atoms with Crippen molar-refractivity contribution in [2.24, 2.45) is 0 Å². The van der Waals surface area contributed by atoms with Crippen LogP contribution in [0.2, 0.25) is 5.82 Å². The van der Waals surface area contributed by atoms with Crippen molar-refractivity contribution in [3.05, 3.63) is 29.6 Å². The molecule has 2 atom stereocenters. The number of halogens is 3. The van der Waals surface area contributed by atoms with Crippen LogP contribution in [0, 0.1) is 0 Å². The second kappa shape index (κ2) is 4.71. The summed E-state index contributed by atoms with van der Waals surface area (Å²) in [6.45, 7) is 7.87. The van der Waals surface area contributed by atoms with Crippen molar-refractivity contribution in [1.29, 1.82) is 0 Å². The highest BCUT2D eigenvalue weighted by Crippen LogP contribution is 2.58. The van der Waals surface area contributed by atoms with Crippen LogP contribution in [0.5, 0.6) is 0 Å². The van der Waals surface area contributed by atoms with E-state index in [1.165, 1.54) is 12.3 Å². The van der Waals surface area contributed by atoms with E-state index in [1.54, 1.807) is 0 Å². The maximum Gasteiger partial charge on any atom is 0.461 e. The van der Waals surface area contributed by atoms with Crippen LogP contribution in [0.15, 0.2) is 18.5 Å². The summed E-state index contributed by atoms with van der Waals surface area (Å²) in [5, 5.41) is 0. The number of aromatic nitrogens is 1. The Bertz CT molecular complexity index is 572. The molecule has 3 nitrogen and oxygen atoms in total. The minimum Gasteiger partial charge on any atom is -0.403 e. The van der Waals surface area contributed by atoms with Crippen LogP contribution in [0.3, 0.4) is 0 Å². The third-order valence-electron chi connectivity index (χ3n) is 4.98. The molecule has 0 radical (unpaired) electrons. The lowest BCUT2D eigenvalue weighted by atomic mass is 9.80. The van der Waals surface area contributed by atoms with Gasteiger partial charge in [-0.05, 0) is 51.7 Å². The summed E-state index contributed by atoms with van der Waals surface area (Å²) in [4.78, 5) is 3.73. The molecular formula is C15H19BF3NO2. The van der Waals surface area contributed by atoms with E-state index < -0.39 is 22.9 Å². The van der Waals surface area contributed by atoms with Crippen molar-refractivity contribution in [3.8, 4) is 0 Å². The predicted octanol–water partition coefficient (Wildman–Crippen LogP) is 4.05. The van der Waals surface area contributed by atoms with Gasteiger partial charge in [0.15, 0.2) is 0 Å². The van der Waals surface area contributed by atoms with Gasteiger partial charge in [-0.25, -0.2) is 0 Å². The Hall–Kier alpha value is -1.08. The second-order valence-electron chi connectivity index (χ2n) is 7.14. The zero-order valence-corrected chi connectivity index (χ0v) is 13.1. The lowest BCUT2D eigenvalue weighted by Crippen LogP contribution is -2.41. The van der Waals surface area contributed by atoms with E-state index in [4.69, 9.17) is 9.31 Å². The summed E-state index contributed by atoms with van der Waals surface area (Å²) < 4.78 is 50.2. The molecule has 120 valence electrons. The van der Waals surface area contributed by atoms with E-state index in [0.29, 0.717) is 5.56 Å². The summed E-state index contributed by atoms with van der Waals surface area (Å²) in [7, 11) is -0.371. The number of alkyl halides is 3. The highest BCUT2D eigenvalue weighted by atomic mass is 19.4. The number of nitrogens with zero attached hydrogens (tertiary/aromatic N) is 1. The van der Waals surface area contributed by atoms with Crippen molar-refractivity contribution in [2.45, 2.75) is 63.2 Å². The number of rotatable bonds is 2. The van der Waals surface area contributed by atoms with Crippen molar-refractivity contribution < 1.29 is 22.5 Å². The Morgan fingerprint density at radius 2 is 1.73 bits per heavy atom. The average molecular weight is 313 g/mol. The first-order valence-corrected chi connectivity index (χ1v) is 7.39. The molecule has 7 heteroatoms. The van der Waals surface area contributed by atoms with Gasteiger partial charge in [-0.3, -0.25) is 4.98 Å². The Morgan fingerprint density at radius 3 is 2.27 bits per heavy atom. The van der Waals surface area contributed by atoms with Gasteiger partial charge in [-0.15, -0.1) is 0 Å². The van der Waals surface area contributed by atoms with Crippen molar-refractivity contribution in [1.82, 2.24) is 4.98 Å². The summed E-state index contributed by atoms with van der Waals surface area (Å²) in [5.41, 5.74) is -0.938. The molecule has 0 aromatic carbocycles. The molecule has 2 fully saturated rings. The molecule has 1 aromatic rings. The lowest BCUT2D eigenvalue weighted by molar-refractivity contribution is -0.137. The third kappa shape index (κ3) is 2.65. The molecule has 0 bridgehead atoms. The zero-order valence-electron chi connectivity index (χ0n) is 13.1. The number of hydrogen-bond donors (Lipinski definition) is 0. The highest BCUT2D eigenvalue weighted by Gasteiger charge is 2.60. The first-order chi connectivity index (χ1) is 10.0. The van der Waals surface area contributed by atoms with Crippen LogP contribution >= 0.6 is 0 Å². The van der Waals surface area contributed by atoms with Crippen LogP contribution in [-0.2, 0) is 15.5 Å². The van der Waals surface area contributed by atoms with E-state index in [2.05, 4.69) is 4.98 Å². The van der Waals surface area contributed by atoms with E-state index in [0.717, 1.165) is 12.6 Å². The van der Waals surface area contributed by atoms with Crippen LogP contribution in [0.4, 0.5) is 13.2 Å². The molecule has 0 N–H and O–H groups in total. The largest absolute Gasteiger partial charge is 0.461 e. The fourth-order valence-corrected chi connectivity index (χ4v) is 2.78. The summed E-state index contributed by atoms with van der Waals surface area (Å²) >= 11 is 0. The predicted molar refractivity (Wildman–Crippen MR) is 76.4 cm³/mol. The molecular weight excluding hydrogens is 294 g/mol. The number of pyridine rings is 1. The minimum atomic E-state index is -4.36. The molecule has 2 heterocycles. The Kier molecular flexibility index (Phi) is 3.38. The SMILES string of the molecule is CC1(C)OB([C@@H]2C[C@H]2c2cncc(C(F)(F)F)c2)OC1(C)C. The highest BCUT2D eigenvalue weighted by molar-refractivity contribution is 6.49. The molecule has 1 saturated carbocycles. The summed E-state index contributed by atoms with van der Waals surface area (Å²) in [6, 6.07) is 1.18. The van der Waals surface area contributed by atoms with Crippen molar-refractivity contribution >= 4 is 7.12 Å². The zero-order chi connectivity index (χ0) is 16.3. The lowest BCUT2D eigenvalue weighted by Gasteiger charge is -2.32. The molecule has 22 heavy (non-hydrogen) atoms. The Morgan fingerprint density at radius 1 is 1.14 bits per heavy atom. The Balaban J connectivity index is 1.74. The minimum absolute atomic E-state index is 0.0181. The van der Waals surface area contributed by atoms with Gasteiger partial charge in [-0.1, -0.05) is 0 Å². The first kappa shape index (κ1) is 15.8. The van der Waals surface area contributed by atoms with Crippen molar-refractivity contribution in [3.63, 3.8) is 0 Å². The van der Waals surface area contributed by atoms with E-state index in [-0.39, 0.29) is 18.9 Å². The first-order valence-electron chi connectivity index (χ1n) is 7.39. The van der Waals surface area contributed by atoms with Gasteiger partial charge in [0, 0.05) is 18.2 Å². The molecule has 0 unspecified atom stereocenters. The molecule has 1 aliphatic carbocycles. The van der Waals surface area contributed by atoms with Gasteiger partial charge in [-0.2, -0.15) is 13.2 Å². The van der Waals surface area contributed by atoms with Crippen molar-refractivity contribution in [2.75, 3.05) is 0 Å². The van der Waals surface area contributed by atoms with E-state index >= 15 is 0 Å². The van der Waals surface area contributed by atoms with Crippen LogP contribution < -0.4 is 0 Å². The molecule has 1 saturated heterocycles. The van der Waals surface area contributed by atoms with Gasteiger partial charge in [0.25, 0.3) is 0 Å². The average Bonchev–Trinajstić information content (AvgIpc) is 3.12. The van der Waals surface area contributed by atoms with Gasteiger partial charge in [0.1, 0.15) is 0 Å². The maximum atomic E-state index is 12.8. The van der Waals surface area contributed by atoms with Crippen LogP contribution in [0.25, 0.3) is 0 Å². The molecule has 1 aliphatic heterocycles. The van der Waals surface area contributed by atoms with E-state index in [1.807, 2.05) is 27.7 Å². The van der Waals surface area contributed by atoms with Crippen LogP contribution in [-0.4, -0.2) is 23.3 Å². The number of hydrogen-bond acceptors (Lipinski definition) is 3. The molecule has 2 aliphatic rings. The summed E-state index contributed by atoms with van der Waals surface area (Å²) in [5.74, 6) is 0.107. The normalized spacial score (nSPS) is 29.7. The molecule has 1 aromatic heterocycles. The Labute approximate surface area is 128 Å². The maximum absolute atomic E-state index is 12.8. The smallest absolute Gasteiger partial charge is 0.403 e. The monoisotopic (exact) mass is 313 g/mol. The third-order valence-corrected chi connectivity index (χ3v) is 4.98. The van der Waals surface area contributed by atoms with Gasteiger partial charge >= 0.3 is 13.3 Å². The fourth-order valence-electron chi connectivity index (χ4n) is 2.78. The van der Waals surface area contributed by atoms with Gasteiger partial charge in [0.2, 0.25) is 0 Å². The molecule has 0 spiro atoms. The quantitative estimate of drug-likeness (QED) is 0.772.